The summed E-state index contributed by atoms with van der Waals surface area (Å²) in [4.78, 5) is 16.5. The molecule has 0 radical (unpaired) electrons. The van der Waals surface area contributed by atoms with Crippen LogP contribution in [0.3, 0.4) is 0 Å². The Hall–Kier alpha value is -1.49. The summed E-state index contributed by atoms with van der Waals surface area (Å²) in [5, 5.41) is 0. The van der Waals surface area contributed by atoms with Gasteiger partial charge in [-0.05, 0) is 41.1 Å². The molecule has 17 heavy (non-hydrogen) atoms. The summed E-state index contributed by atoms with van der Waals surface area (Å²) >= 11 is 3.30. The molecule has 0 unspecified atom stereocenters. The third-order valence-corrected chi connectivity index (χ3v) is 2.87. The lowest BCUT2D eigenvalue weighted by molar-refractivity contribution is 0.0770. The molecule has 5 heteroatoms. The van der Waals surface area contributed by atoms with Crippen LogP contribution in [0.15, 0.2) is 33.3 Å². The molecule has 0 saturated heterocycles. The van der Waals surface area contributed by atoms with E-state index < -0.39 is 0 Å². The van der Waals surface area contributed by atoms with Gasteiger partial charge in [-0.25, -0.2) is 0 Å². The number of carbonyl (C=O) groups excluding carboxylic acids is 1. The van der Waals surface area contributed by atoms with Gasteiger partial charge in [0.15, 0.2) is 0 Å². The van der Waals surface area contributed by atoms with Crippen molar-refractivity contribution in [3.8, 4) is 0 Å². The Morgan fingerprint density at radius 1 is 1.53 bits per heavy atom. The van der Waals surface area contributed by atoms with Crippen molar-refractivity contribution >= 4 is 21.8 Å². The van der Waals surface area contributed by atoms with E-state index in [0.29, 0.717) is 12.2 Å². The summed E-state index contributed by atoms with van der Waals surface area (Å²) < 4.78 is 6.30. The van der Waals surface area contributed by atoms with E-state index in [1.807, 2.05) is 19.1 Å². The number of hydrogen-bond acceptors (Lipinski definition) is 2. The van der Waals surface area contributed by atoms with Crippen LogP contribution in [0.4, 0.5) is 0 Å². The highest BCUT2D eigenvalue weighted by molar-refractivity contribution is 9.10. The molecule has 1 amide bonds. The molecule has 4 nitrogen and oxygen atoms in total. The molecular weight excluding hydrogens is 284 g/mol. The maximum Gasteiger partial charge on any atom is 0.270 e. The number of aromatic nitrogens is 1. The molecule has 2 rings (SSSR count). The molecule has 0 aliphatic heterocycles. The number of nitrogens with one attached hydrogen (secondary N) is 1. The Morgan fingerprint density at radius 2 is 2.29 bits per heavy atom. The summed E-state index contributed by atoms with van der Waals surface area (Å²) in [5.74, 6) is 1.57. The lowest BCUT2D eigenvalue weighted by Crippen LogP contribution is -2.26. The Kier molecular flexibility index (Phi) is 3.38. The van der Waals surface area contributed by atoms with Crippen molar-refractivity contribution in [2.45, 2.75) is 13.5 Å². The molecule has 0 saturated carbocycles. The maximum atomic E-state index is 12.0. The number of amides is 1. The summed E-state index contributed by atoms with van der Waals surface area (Å²) in [6.07, 6.45) is 1.73. The van der Waals surface area contributed by atoms with Crippen molar-refractivity contribution in [1.82, 2.24) is 9.88 Å². The topological polar surface area (TPSA) is 49.2 Å². The van der Waals surface area contributed by atoms with Crippen LogP contribution in [0.1, 0.15) is 22.0 Å². The second kappa shape index (κ2) is 4.79. The smallest absolute Gasteiger partial charge is 0.270 e. The number of carbonyl (C=O) groups is 1. The van der Waals surface area contributed by atoms with Crippen molar-refractivity contribution < 1.29 is 9.21 Å². The van der Waals surface area contributed by atoms with Crippen LogP contribution in [0.2, 0.25) is 0 Å². The Bertz CT molecular complexity index is 530. The maximum absolute atomic E-state index is 12.0. The first kappa shape index (κ1) is 12.0. The molecule has 1 N–H and O–H groups in total. The van der Waals surface area contributed by atoms with Gasteiger partial charge in [0, 0.05) is 17.7 Å². The van der Waals surface area contributed by atoms with E-state index in [9.17, 15) is 4.79 Å². The molecule has 0 fully saturated rings. The number of aromatic amines is 1. The minimum absolute atomic E-state index is 0.0650. The standard InChI is InChI=1S/C12H13BrN2O2/c1-8-3-4-10(17-8)7-15(2)12(16)11-5-9(13)6-14-11/h3-6,14H,7H2,1-2H3. The van der Waals surface area contributed by atoms with Gasteiger partial charge >= 0.3 is 0 Å². The monoisotopic (exact) mass is 296 g/mol. The van der Waals surface area contributed by atoms with Crippen LogP contribution >= 0.6 is 15.9 Å². The number of aryl methyl sites for hydroxylation is 1. The van der Waals surface area contributed by atoms with E-state index >= 15 is 0 Å². The van der Waals surface area contributed by atoms with E-state index in [2.05, 4.69) is 20.9 Å². The van der Waals surface area contributed by atoms with Crippen molar-refractivity contribution in [2.75, 3.05) is 7.05 Å². The fourth-order valence-electron chi connectivity index (χ4n) is 1.57. The van der Waals surface area contributed by atoms with E-state index in [-0.39, 0.29) is 5.91 Å². The largest absolute Gasteiger partial charge is 0.464 e. The molecule has 2 aromatic heterocycles. The minimum Gasteiger partial charge on any atom is -0.464 e. The summed E-state index contributed by atoms with van der Waals surface area (Å²) in [5.41, 5.74) is 0.558. The molecular formula is C12H13BrN2O2. The first-order chi connectivity index (χ1) is 8.06. The lowest BCUT2D eigenvalue weighted by atomic mass is 10.3. The van der Waals surface area contributed by atoms with Crippen molar-refractivity contribution in [1.29, 1.82) is 0 Å². The van der Waals surface area contributed by atoms with Gasteiger partial charge < -0.3 is 14.3 Å². The number of furan rings is 1. The van der Waals surface area contributed by atoms with Gasteiger partial charge in [-0.1, -0.05) is 0 Å². The van der Waals surface area contributed by atoms with Gasteiger partial charge in [0.2, 0.25) is 0 Å². The second-order valence-electron chi connectivity index (χ2n) is 3.91. The number of rotatable bonds is 3. The van der Waals surface area contributed by atoms with Crippen LogP contribution in [0, 0.1) is 6.92 Å². The molecule has 0 atom stereocenters. The lowest BCUT2D eigenvalue weighted by Gasteiger charge is -2.14. The normalized spacial score (nSPS) is 10.5. The van der Waals surface area contributed by atoms with Gasteiger partial charge in [0.1, 0.15) is 17.2 Å². The number of halogens is 1. The van der Waals surface area contributed by atoms with Crippen LogP contribution < -0.4 is 0 Å². The molecule has 0 aliphatic rings. The van der Waals surface area contributed by atoms with Crippen LogP contribution in [-0.4, -0.2) is 22.8 Å². The third-order valence-electron chi connectivity index (χ3n) is 2.41. The van der Waals surface area contributed by atoms with Crippen molar-refractivity contribution in [2.24, 2.45) is 0 Å². The van der Waals surface area contributed by atoms with E-state index in [0.717, 1.165) is 16.0 Å². The van der Waals surface area contributed by atoms with E-state index in [1.54, 1.807) is 24.2 Å². The molecule has 2 aromatic rings. The minimum atomic E-state index is -0.0650. The quantitative estimate of drug-likeness (QED) is 0.947. The molecule has 90 valence electrons. The summed E-state index contributed by atoms with van der Waals surface area (Å²) in [7, 11) is 1.74. The fourth-order valence-corrected chi connectivity index (χ4v) is 1.92. The van der Waals surface area contributed by atoms with Crippen molar-refractivity contribution in [3.63, 3.8) is 0 Å². The zero-order valence-electron chi connectivity index (χ0n) is 9.66. The van der Waals surface area contributed by atoms with Gasteiger partial charge in [-0.3, -0.25) is 4.79 Å². The Labute approximate surface area is 108 Å². The van der Waals surface area contributed by atoms with Gasteiger partial charge in [0.05, 0.1) is 6.54 Å². The molecule has 0 bridgehead atoms. The highest BCUT2D eigenvalue weighted by atomic mass is 79.9. The number of hydrogen-bond donors (Lipinski definition) is 1. The first-order valence-corrected chi connectivity index (χ1v) is 6.00. The predicted molar refractivity (Wildman–Crippen MR) is 67.7 cm³/mol. The predicted octanol–water partition coefficient (Wildman–Crippen LogP) is 2.95. The summed E-state index contributed by atoms with van der Waals surface area (Å²) in [6, 6.07) is 5.52. The van der Waals surface area contributed by atoms with Gasteiger partial charge in [-0.2, -0.15) is 0 Å². The van der Waals surface area contributed by atoms with Gasteiger partial charge in [-0.15, -0.1) is 0 Å². The van der Waals surface area contributed by atoms with Crippen molar-refractivity contribution in [3.05, 3.63) is 46.1 Å². The highest BCUT2D eigenvalue weighted by Gasteiger charge is 2.14. The van der Waals surface area contributed by atoms with E-state index in [4.69, 9.17) is 4.42 Å². The van der Waals surface area contributed by atoms with Crippen LogP contribution in [-0.2, 0) is 6.54 Å². The van der Waals surface area contributed by atoms with Crippen LogP contribution in [0.25, 0.3) is 0 Å². The molecule has 0 aliphatic carbocycles. The highest BCUT2D eigenvalue weighted by Crippen LogP contribution is 2.14. The van der Waals surface area contributed by atoms with E-state index in [1.165, 1.54) is 0 Å². The number of nitrogens with zero attached hydrogens (tertiary/aromatic N) is 1. The average molecular weight is 297 g/mol. The van der Waals surface area contributed by atoms with Gasteiger partial charge in [0.25, 0.3) is 5.91 Å². The SMILES string of the molecule is Cc1ccc(CN(C)C(=O)c2cc(Br)c[nH]2)o1. The molecule has 2 heterocycles. The average Bonchev–Trinajstić information content (AvgIpc) is 2.87. The fraction of sp³-hybridized carbons (Fsp3) is 0.250. The zero-order chi connectivity index (χ0) is 12.4. The zero-order valence-corrected chi connectivity index (χ0v) is 11.2. The Balaban J connectivity index is 2.05. The first-order valence-electron chi connectivity index (χ1n) is 5.21. The number of H-pyrrole nitrogens is 1. The third kappa shape index (κ3) is 2.79. The molecule has 0 spiro atoms. The Morgan fingerprint density at radius 3 is 2.82 bits per heavy atom. The van der Waals surface area contributed by atoms with Crippen LogP contribution in [0.5, 0.6) is 0 Å². The summed E-state index contributed by atoms with van der Waals surface area (Å²) in [6.45, 7) is 2.34. The second-order valence-corrected chi connectivity index (χ2v) is 4.82. The molecule has 0 aromatic carbocycles.